The van der Waals surface area contributed by atoms with Gasteiger partial charge in [0.15, 0.2) is 0 Å². The minimum atomic E-state index is 0. The van der Waals surface area contributed by atoms with Crippen LogP contribution in [0.1, 0.15) is 0 Å². The van der Waals surface area contributed by atoms with Gasteiger partial charge in [0, 0.05) is 46.3 Å². The van der Waals surface area contributed by atoms with E-state index in [0.717, 1.165) is 0 Å². The summed E-state index contributed by atoms with van der Waals surface area (Å²) < 4.78 is 0. The van der Waals surface area contributed by atoms with Crippen LogP contribution in [0.4, 0.5) is 0 Å². The standard InChI is InChI=1S/Co.Na.2H2O/h;;2*1H2. The van der Waals surface area contributed by atoms with Crippen molar-refractivity contribution in [1.82, 2.24) is 0 Å². The monoisotopic (exact) mass is 118 g/mol. The molecule has 0 aromatic carbocycles. The molecule has 0 fully saturated rings. The number of rotatable bonds is 0. The van der Waals surface area contributed by atoms with Crippen molar-refractivity contribution in [1.29, 1.82) is 0 Å². The number of hydrogen-bond acceptors (Lipinski definition) is 0. The molecule has 0 unspecified atom stereocenters. The van der Waals surface area contributed by atoms with Gasteiger partial charge in [0.2, 0.25) is 0 Å². The van der Waals surface area contributed by atoms with Crippen molar-refractivity contribution in [2.75, 3.05) is 0 Å². The zero-order chi connectivity index (χ0) is 0. The molecule has 0 aliphatic rings. The summed E-state index contributed by atoms with van der Waals surface area (Å²) in [5.74, 6) is 0. The van der Waals surface area contributed by atoms with Crippen molar-refractivity contribution < 1.29 is 27.7 Å². The summed E-state index contributed by atoms with van der Waals surface area (Å²) in [4.78, 5) is 0. The molecule has 0 aromatic rings. The van der Waals surface area contributed by atoms with Gasteiger partial charge in [-0.2, -0.15) is 0 Å². The Kier molecular flexibility index (Phi) is 334. The summed E-state index contributed by atoms with van der Waals surface area (Å²) in [7, 11) is 0. The molecule has 4 heavy (non-hydrogen) atoms. The minimum Gasteiger partial charge on any atom is -0.412 e. The Balaban J connectivity index is 0. The first-order valence-corrected chi connectivity index (χ1v) is 0. The van der Waals surface area contributed by atoms with Crippen LogP contribution >= 0.6 is 0 Å². The Morgan fingerprint density at radius 1 is 0.750 bits per heavy atom. The normalized spacial score (nSPS) is 0. The Labute approximate surface area is 57.1 Å². The third kappa shape index (κ3) is 9.91. The smallest absolute Gasteiger partial charge is 0 e. The molecule has 0 spiro atoms. The largest absolute Gasteiger partial charge is 0.412 e. The van der Waals surface area contributed by atoms with Crippen molar-refractivity contribution in [2.24, 2.45) is 0 Å². The van der Waals surface area contributed by atoms with Crippen molar-refractivity contribution in [3.8, 4) is 0 Å². The third-order valence-corrected chi connectivity index (χ3v) is 0. The van der Waals surface area contributed by atoms with Gasteiger partial charge in [-0.25, -0.2) is 0 Å². The van der Waals surface area contributed by atoms with Gasteiger partial charge < -0.3 is 11.0 Å². The Hall–Kier alpha value is 1.43. The molecule has 0 bridgehead atoms. The van der Waals surface area contributed by atoms with E-state index in [-0.39, 0.29) is 57.3 Å². The summed E-state index contributed by atoms with van der Waals surface area (Å²) in [6, 6.07) is 0. The molecule has 0 saturated heterocycles. The third-order valence-electron chi connectivity index (χ3n) is 0. The number of hydrogen-bond donors (Lipinski definition) is 0. The molecule has 0 aliphatic carbocycles. The average Bonchev–Trinajstić information content (AvgIpc) is 0. The predicted octanol–water partition coefficient (Wildman–Crippen LogP) is -2.03. The van der Waals surface area contributed by atoms with Crippen LogP contribution in [0.25, 0.3) is 0 Å². The first-order valence-electron chi connectivity index (χ1n) is 0. The molecular weight excluding hydrogens is 114 g/mol. The molecule has 4 N–H and O–H groups in total. The van der Waals surface area contributed by atoms with Crippen molar-refractivity contribution in [2.45, 2.75) is 0 Å². The molecule has 2 nitrogen and oxygen atoms in total. The van der Waals surface area contributed by atoms with Crippen LogP contribution in [-0.2, 0) is 16.8 Å². The maximum Gasteiger partial charge on any atom is 0 e. The fraction of sp³-hybridized carbons (Fsp3) is 0. The predicted molar refractivity (Wildman–Crippen MR) is 13.0 cm³/mol. The zero-order valence-corrected chi connectivity index (χ0v) is 5.37. The minimum absolute atomic E-state index is 0. The van der Waals surface area contributed by atoms with E-state index in [0.29, 0.717) is 0 Å². The van der Waals surface area contributed by atoms with Gasteiger partial charge in [-0.15, -0.1) is 0 Å². The van der Waals surface area contributed by atoms with E-state index in [9.17, 15) is 0 Å². The Bertz CT molecular complexity index is 6.00. The topological polar surface area (TPSA) is 63.0 Å². The van der Waals surface area contributed by atoms with Gasteiger partial charge in [-0.1, -0.05) is 0 Å². The van der Waals surface area contributed by atoms with Crippen LogP contribution in [0.3, 0.4) is 0 Å². The average molecular weight is 118 g/mol. The summed E-state index contributed by atoms with van der Waals surface area (Å²) >= 11 is 0. The molecule has 4 heteroatoms. The maximum atomic E-state index is 0. The van der Waals surface area contributed by atoms with Gasteiger partial charge in [0.05, 0.1) is 0 Å². The van der Waals surface area contributed by atoms with Crippen LogP contribution in [0.5, 0.6) is 0 Å². The molecule has 0 amide bonds. The van der Waals surface area contributed by atoms with Gasteiger partial charge in [-0.3, -0.25) is 0 Å². The second kappa shape index (κ2) is 25.5. The van der Waals surface area contributed by atoms with E-state index in [1.807, 2.05) is 0 Å². The van der Waals surface area contributed by atoms with E-state index >= 15 is 0 Å². The van der Waals surface area contributed by atoms with Crippen LogP contribution < -0.4 is 0 Å². The van der Waals surface area contributed by atoms with Gasteiger partial charge in [0.1, 0.15) is 0 Å². The van der Waals surface area contributed by atoms with Crippen molar-refractivity contribution >= 4 is 29.6 Å². The van der Waals surface area contributed by atoms with E-state index in [4.69, 9.17) is 0 Å². The maximum absolute atomic E-state index is 0. The summed E-state index contributed by atoms with van der Waals surface area (Å²) in [5.41, 5.74) is 0. The molecule has 0 aliphatic heterocycles. The van der Waals surface area contributed by atoms with Crippen molar-refractivity contribution in [3.63, 3.8) is 0 Å². The summed E-state index contributed by atoms with van der Waals surface area (Å²) in [6.45, 7) is 0. The van der Waals surface area contributed by atoms with Crippen LogP contribution in [0.2, 0.25) is 0 Å². The van der Waals surface area contributed by atoms with Crippen LogP contribution in [0.15, 0.2) is 0 Å². The Morgan fingerprint density at radius 3 is 0.750 bits per heavy atom. The van der Waals surface area contributed by atoms with Gasteiger partial charge in [-0.05, 0) is 0 Å². The fourth-order valence-electron chi connectivity index (χ4n) is 0. The molecule has 0 rings (SSSR count). The van der Waals surface area contributed by atoms with E-state index in [1.54, 1.807) is 0 Å². The van der Waals surface area contributed by atoms with E-state index in [2.05, 4.69) is 0 Å². The zero-order valence-electron chi connectivity index (χ0n) is 2.33. The SMILES string of the molecule is O.O.[Co].[Na]. The quantitative estimate of drug-likeness (QED) is 0.329. The molecule has 0 heterocycles. The fourth-order valence-corrected chi connectivity index (χ4v) is 0. The van der Waals surface area contributed by atoms with Crippen LogP contribution in [-0.4, -0.2) is 40.5 Å². The van der Waals surface area contributed by atoms with Gasteiger partial charge in [0.25, 0.3) is 0 Å². The van der Waals surface area contributed by atoms with Gasteiger partial charge >= 0.3 is 0 Å². The first kappa shape index (κ1) is 52.3. The van der Waals surface area contributed by atoms with E-state index < -0.39 is 0 Å². The Morgan fingerprint density at radius 2 is 0.750 bits per heavy atom. The second-order valence-corrected chi connectivity index (χ2v) is 0. The van der Waals surface area contributed by atoms with Crippen molar-refractivity contribution in [3.05, 3.63) is 0 Å². The molecule has 0 aromatic heterocycles. The van der Waals surface area contributed by atoms with Crippen LogP contribution in [0, 0.1) is 0 Å². The molecule has 2 radical (unpaired) electrons. The molecular formula is H4CoNaO2. The second-order valence-electron chi connectivity index (χ2n) is 0. The molecule has 26 valence electrons. The molecule has 0 saturated carbocycles. The van der Waals surface area contributed by atoms with E-state index in [1.165, 1.54) is 0 Å². The summed E-state index contributed by atoms with van der Waals surface area (Å²) in [5, 5.41) is 0. The molecule has 0 atom stereocenters. The summed E-state index contributed by atoms with van der Waals surface area (Å²) in [6.07, 6.45) is 0. The first-order chi connectivity index (χ1) is 0.